The molecule has 2 aromatic rings. The van der Waals surface area contributed by atoms with Crippen LogP contribution in [0.4, 0.5) is 4.79 Å². The zero-order valence-corrected chi connectivity index (χ0v) is 15.6. The fraction of sp³-hybridized carbons (Fsp3) is 0.421. The van der Waals surface area contributed by atoms with Gasteiger partial charge >= 0.3 is 12.0 Å². The molecule has 3 rings (SSSR count). The van der Waals surface area contributed by atoms with Crippen LogP contribution in [0.15, 0.2) is 29.1 Å². The van der Waals surface area contributed by atoms with Crippen molar-refractivity contribution in [1.82, 2.24) is 20.4 Å². The fourth-order valence-corrected chi connectivity index (χ4v) is 2.66. The Morgan fingerprint density at radius 2 is 1.93 bits per heavy atom. The Balaban J connectivity index is 1.73. The van der Waals surface area contributed by atoms with Crippen molar-refractivity contribution in [2.45, 2.75) is 45.2 Å². The first-order chi connectivity index (χ1) is 13.5. The number of amides is 3. The molecule has 1 aromatic carbocycles. The summed E-state index contributed by atoms with van der Waals surface area (Å²) in [5.74, 6) is -1.57. The van der Waals surface area contributed by atoms with Gasteiger partial charge in [0.2, 0.25) is 0 Å². The molecule has 1 aromatic heterocycles. The number of aromatic nitrogens is 2. The number of hydrogen-bond acceptors (Lipinski definition) is 6. The van der Waals surface area contributed by atoms with Crippen molar-refractivity contribution in [2.24, 2.45) is 0 Å². The summed E-state index contributed by atoms with van der Waals surface area (Å²) in [6.45, 7) is 1.74. The average molecular weight is 386 g/mol. The standard InChI is InChI=1S/C19H22N4O5/c1-2-3-10-23-17(25)14-7-5-4-6-13(14)16(22-23)18(26)28-11-15(24)21-19(27)20-12-8-9-12/h4-7,12H,2-3,8-11H2,1H3,(H2,20,21,24,27). The molecule has 9 nitrogen and oxygen atoms in total. The summed E-state index contributed by atoms with van der Waals surface area (Å²) < 4.78 is 6.25. The van der Waals surface area contributed by atoms with E-state index in [1.165, 1.54) is 4.68 Å². The summed E-state index contributed by atoms with van der Waals surface area (Å²) in [4.78, 5) is 48.4. The molecule has 0 unspecified atom stereocenters. The zero-order chi connectivity index (χ0) is 20.1. The molecule has 0 aliphatic heterocycles. The number of carbonyl (C=O) groups is 3. The maximum atomic E-state index is 12.5. The summed E-state index contributed by atoms with van der Waals surface area (Å²) in [6.07, 6.45) is 3.38. The van der Waals surface area contributed by atoms with Crippen LogP contribution in [0.1, 0.15) is 43.1 Å². The Hall–Kier alpha value is -3.23. The minimum Gasteiger partial charge on any atom is -0.451 e. The van der Waals surface area contributed by atoms with Crippen LogP contribution >= 0.6 is 0 Å². The highest BCUT2D eigenvalue weighted by Crippen LogP contribution is 2.18. The number of ether oxygens (including phenoxy) is 1. The summed E-state index contributed by atoms with van der Waals surface area (Å²) in [5, 5.41) is 9.56. The van der Waals surface area contributed by atoms with Gasteiger partial charge < -0.3 is 10.1 Å². The van der Waals surface area contributed by atoms with E-state index >= 15 is 0 Å². The number of unbranched alkanes of at least 4 members (excludes halogenated alkanes) is 1. The molecule has 0 spiro atoms. The first kappa shape index (κ1) is 19.5. The van der Waals surface area contributed by atoms with E-state index in [2.05, 4.69) is 15.7 Å². The maximum absolute atomic E-state index is 12.5. The molecular formula is C19H22N4O5. The molecule has 28 heavy (non-hydrogen) atoms. The van der Waals surface area contributed by atoms with Gasteiger partial charge in [-0.2, -0.15) is 5.10 Å². The van der Waals surface area contributed by atoms with Gasteiger partial charge in [-0.05, 0) is 25.3 Å². The van der Waals surface area contributed by atoms with Gasteiger partial charge in [0.1, 0.15) is 0 Å². The van der Waals surface area contributed by atoms with E-state index in [9.17, 15) is 19.2 Å². The summed E-state index contributed by atoms with van der Waals surface area (Å²) >= 11 is 0. The van der Waals surface area contributed by atoms with Crippen LogP contribution in [0, 0.1) is 0 Å². The number of carbonyl (C=O) groups excluding carboxylic acids is 3. The van der Waals surface area contributed by atoms with E-state index in [4.69, 9.17) is 4.74 Å². The number of hydrogen-bond donors (Lipinski definition) is 2. The molecule has 1 saturated carbocycles. The molecule has 0 atom stereocenters. The van der Waals surface area contributed by atoms with Crippen LogP contribution in [0.3, 0.4) is 0 Å². The number of nitrogens with zero attached hydrogens (tertiary/aromatic N) is 2. The zero-order valence-electron chi connectivity index (χ0n) is 15.6. The highest BCUT2D eigenvalue weighted by molar-refractivity contribution is 6.03. The van der Waals surface area contributed by atoms with Gasteiger partial charge in [-0.25, -0.2) is 14.3 Å². The number of esters is 1. The van der Waals surface area contributed by atoms with Crippen molar-refractivity contribution in [2.75, 3.05) is 6.61 Å². The third kappa shape index (κ3) is 4.73. The number of imide groups is 1. The molecule has 1 heterocycles. The number of urea groups is 1. The minimum atomic E-state index is -0.834. The Morgan fingerprint density at radius 1 is 1.21 bits per heavy atom. The highest BCUT2D eigenvalue weighted by Gasteiger charge is 2.24. The lowest BCUT2D eigenvalue weighted by Crippen LogP contribution is -2.42. The molecule has 2 N–H and O–H groups in total. The molecule has 148 valence electrons. The van der Waals surface area contributed by atoms with Crippen molar-refractivity contribution in [3.63, 3.8) is 0 Å². The number of benzene rings is 1. The lowest BCUT2D eigenvalue weighted by atomic mass is 10.1. The van der Waals surface area contributed by atoms with Crippen LogP contribution < -0.4 is 16.2 Å². The van der Waals surface area contributed by atoms with Crippen LogP contribution in [0.25, 0.3) is 10.8 Å². The summed E-state index contributed by atoms with van der Waals surface area (Å²) in [7, 11) is 0. The molecule has 0 radical (unpaired) electrons. The van der Waals surface area contributed by atoms with Gasteiger partial charge in [-0.15, -0.1) is 0 Å². The number of fused-ring (bicyclic) bond motifs is 1. The third-order valence-corrected chi connectivity index (χ3v) is 4.28. The molecule has 0 bridgehead atoms. The second-order valence-electron chi connectivity index (χ2n) is 6.65. The first-order valence-electron chi connectivity index (χ1n) is 9.27. The Labute approximate surface area is 161 Å². The van der Waals surface area contributed by atoms with Crippen molar-refractivity contribution in [3.05, 3.63) is 40.3 Å². The van der Waals surface area contributed by atoms with Gasteiger partial charge in [0, 0.05) is 18.0 Å². The van der Waals surface area contributed by atoms with Crippen molar-refractivity contribution in [3.8, 4) is 0 Å². The fourth-order valence-electron chi connectivity index (χ4n) is 2.66. The molecule has 9 heteroatoms. The van der Waals surface area contributed by atoms with Crippen LogP contribution in [0.2, 0.25) is 0 Å². The van der Waals surface area contributed by atoms with E-state index < -0.39 is 24.5 Å². The Bertz CT molecular complexity index is 964. The number of aryl methyl sites for hydroxylation is 1. The highest BCUT2D eigenvalue weighted by atomic mass is 16.5. The van der Waals surface area contributed by atoms with Crippen LogP contribution in [0.5, 0.6) is 0 Å². The van der Waals surface area contributed by atoms with E-state index in [1.807, 2.05) is 6.92 Å². The average Bonchev–Trinajstić information content (AvgIpc) is 3.49. The van der Waals surface area contributed by atoms with Crippen molar-refractivity contribution < 1.29 is 19.1 Å². The van der Waals surface area contributed by atoms with E-state index in [1.54, 1.807) is 24.3 Å². The van der Waals surface area contributed by atoms with E-state index in [0.29, 0.717) is 17.3 Å². The van der Waals surface area contributed by atoms with Gasteiger partial charge in [-0.3, -0.25) is 14.9 Å². The molecule has 3 amide bonds. The van der Waals surface area contributed by atoms with Gasteiger partial charge in [-0.1, -0.05) is 31.5 Å². The van der Waals surface area contributed by atoms with Crippen molar-refractivity contribution in [1.29, 1.82) is 0 Å². The number of nitrogens with one attached hydrogen (secondary N) is 2. The molecular weight excluding hydrogens is 364 g/mol. The third-order valence-electron chi connectivity index (χ3n) is 4.28. The molecule has 1 aliphatic carbocycles. The van der Waals surface area contributed by atoms with Crippen LogP contribution in [-0.4, -0.2) is 40.3 Å². The van der Waals surface area contributed by atoms with Gasteiger partial charge in [0.25, 0.3) is 11.5 Å². The predicted molar refractivity (Wildman–Crippen MR) is 101 cm³/mol. The lowest BCUT2D eigenvalue weighted by molar-refractivity contribution is -0.123. The summed E-state index contributed by atoms with van der Waals surface area (Å²) in [6, 6.07) is 6.11. The topological polar surface area (TPSA) is 119 Å². The Morgan fingerprint density at radius 3 is 2.61 bits per heavy atom. The molecule has 1 aliphatic rings. The summed E-state index contributed by atoms with van der Waals surface area (Å²) in [5.41, 5.74) is -0.323. The number of rotatable bonds is 7. The maximum Gasteiger partial charge on any atom is 0.359 e. The predicted octanol–water partition coefficient (Wildman–Crippen LogP) is 1.34. The van der Waals surface area contributed by atoms with Gasteiger partial charge in [0.05, 0.1) is 5.39 Å². The van der Waals surface area contributed by atoms with Crippen molar-refractivity contribution >= 4 is 28.7 Å². The second kappa shape index (κ2) is 8.64. The quantitative estimate of drug-likeness (QED) is 0.693. The smallest absolute Gasteiger partial charge is 0.359 e. The van der Waals surface area contributed by atoms with E-state index in [0.717, 1.165) is 25.7 Å². The SMILES string of the molecule is CCCCn1nc(C(=O)OCC(=O)NC(=O)NC2CC2)c2ccccc2c1=O. The molecule has 0 saturated heterocycles. The largest absolute Gasteiger partial charge is 0.451 e. The first-order valence-corrected chi connectivity index (χ1v) is 9.27. The second-order valence-corrected chi connectivity index (χ2v) is 6.65. The lowest BCUT2D eigenvalue weighted by Gasteiger charge is -2.11. The van der Waals surface area contributed by atoms with Crippen LogP contribution in [-0.2, 0) is 16.1 Å². The monoisotopic (exact) mass is 386 g/mol. The minimum absolute atomic E-state index is 0.0402. The van der Waals surface area contributed by atoms with E-state index in [-0.39, 0.29) is 17.3 Å². The normalized spacial score (nSPS) is 13.2. The van der Waals surface area contributed by atoms with Gasteiger partial charge in [0.15, 0.2) is 12.3 Å². The molecule has 1 fully saturated rings. The Kier molecular flexibility index (Phi) is 6.03.